The second-order valence-electron chi connectivity index (χ2n) is 8.04. The number of nitrogens with zero attached hydrogens (tertiary/aromatic N) is 1. The summed E-state index contributed by atoms with van der Waals surface area (Å²) >= 11 is 0. The van der Waals surface area contributed by atoms with Gasteiger partial charge in [0.25, 0.3) is 0 Å². The summed E-state index contributed by atoms with van der Waals surface area (Å²) in [5.41, 5.74) is 1.20. The molecule has 1 rings (SSSR count). The van der Waals surface area contributed by atoms with Gasteiger partial charge >= 0.3 is 0 Å². The van der Waals surface area contributed by atoms with Crippen LogP contribution in [0.15, 0.2) is 24.3 Å². The maximum atomic E-state index is 13.7. The number of anilines is 1. The summed E-state index contributed by atoms with van der Waals surface area (Å²) in [6.07, 6.45) is 0.741. The van der Waals surface area contributed by atoms with Gasteiger partial charge in [-0.2, -0.15) is 0 Å². The molecule has 2 nitrogen and oxygen atoms in total. The largest absolute Gasteiger partial charge is 0.378 e. The van der Waals surface area contributed by atoms with Crippen LogP contribution in [-0.2, 0) is 4.57 Å². The normalized spacial score (nSPS) is 15.8. The van der Waals surface area contributed by atoms with Crippen molar-refractivity contribution in [3.8, 4) is 0 Å². The Kier molecular flexibility index (Phi) is 4.81. The highest BCUT2D eigenvalue weighted by atomic mass is 31.2. The van der Waals surface area contributed by atoms with Crippen LogP contribution >= 0.6 is 7.14 Å². The quantitative estimate of drug-likeness (QED) is 0.760. The van der Waals surface area contributed by atoms with Gasteiger partial charge in [0.05, 0.1) is 0 Å². The predicted octanol–water partition coefficient (Wildman–Crippen LogP) is 4.59. The summed E-state index contributed by atoms with van der Waals surface area (Å²) in [6.45, 7) is 12.8. The van der Waals surface area contributed by atoms with Crippen LogP contribution < -0.4 is 10.2 Å². The van der Waals surface area contributed by atoms with E-state index in [1.165, 1.54) is 0 Å². The van der Waals surface area contributed by atoms with Gasteiger partial charge in [-0.15, -0.1) is 0 Å². The van der Waals surface area contributed by atoms with E-state index in [1.807, 2.05) is 26.2 Å². The molecule has 0 aliphatic carbocycles. The fourth-order valence-corrected chi connectivity index (χ4v) is 5.77. The monoisotopic (exact) mass is 295 g/mol. The Morgan fingerprint density at radius 2 is 1.40 bits per heavy atom. The van der Waals surface area contributed by atoms with Gasteiger partial charge in [-0.3, -0.25) is 0 Å². The molecule has 0 aliphatic rings. The Bertz CT molecular complexity index is 489. The number of hydrogen-bond donors (Lipinski definition) is 0. The van der Waals surface area contributed by atoms with E-state index in [0.717, 1.165) is 17.2 Å². The van der Waals surface area contributed by atoms with Gasteiger partial charge in [-0.05, 0) is 29.7 Å². The molecule has 0 heterocycles. The highest BCUT2D eigenvalue weighted by Crippen LogP contribution is 2.59. The standard InChI is InChI=1S/C17H30NOP/c1-16(2,3)13-20(19,17(4,5)6)15-11-9-14(10-12-15)18(7)8/h9-12H,13H2,1-8H3. The number of benzene rings is 1. The van der Waals surface area contributed by atoms with Gasteiger partial charge in [-0.1, -0.05) is 41.5 Å². The molecule has 0 aliphatic heterocycles. The first-order chi connectivity index (χ1) is 8.87. The highest BCUT2D eigenvalue weighted by molar-refractivity contribution is 7.73. The van der Waals surface area contributed by atoms with Crippen molar-refractivity contribution >= 4 is 18.1 Å². The summed E-state index contributed by atoms with van der Waals surface area (Å²) in [7, 11) is 1.60. The third-order valence-corrected chi connectivity index (χ3v) is 8.26. The van der Waals surface area contributed by atoms with Crippen LogP contribution in [0.4, 0.5) is 5.69 Å². The molecule has 0 aromatic heterocycles. The first kappa shape index (κ1) is 17.3. The Balaban J connectivity index is 3.29. The van der Waals surface area contributed by atoms with Gasteiger partial charge in [0.1, 0.15) is 7.14 Å². The zero-order valence-corrected chi connectivity index (χ0v) is 15.2. The number of rotatable bonds is 3. The third kappa shape index (κ3) is 3.88. The zero-order valence-electron chi connectivity index (χ0n) is 14.3. The lowest BCUT2D eigenvalue weighted by Crippen LogP contribution is -2.30. The maximum absolute atomic E-state index is 13.7. The lowest BCUT2D eigenvalue weighted by atomic mass is 10.0. The van der Waals surface area contributed by atoms with Crippen LogP contribution in [0.2, 0.25) is 0 Å². The van der Waals surface area contributed by atoms with E-state index in [0.29, 0.717) is 0 Å². The summed E-state index contributed by atoms with van der Waals surface area (Å²) < 4.78 is 13.7. The van der Waals surface area contributed by atoms with Gasteiger partial charge < -0.3 is 9.46 Å². The Morgan fingerprint density at radius 1 is 0.950 bits per heavy atom. The van der Waals surface area contributed by atoms with E-state index in [-0.39, 0.29) is 10.6 Å². The second kappa shape index (κ2) is 5.56. The Labute approximate surface area is 124 Å². The van der Waals surface area contributed by atoms with E-state index in [9.17, 15) is 4.57 Å². The van der Waals surface area contributed by atoms with Gasteiger partial charge in [-0.25, -0.2) is 0 Å². The summed E-state index contributed by atoms with van der Waals surface area (Å²) in [4.78, 5) is 2.07. The fraction of sp³-hybridized carbons (Fsp3) is 0.647. The average Bonchev–Trinajstić information content (AvgIpc) is 2.25. The van der Waals surface area contributed by atoms with E-state index in [4.69, 9.17) is 0 Å². The minimum Gasteiger partial charge on any atom is -0.378 e. The fourth-order valence-electron chi connectivity index (χ4n) is 2.38. The topological polar surface area (TPSA) is 20.3 Å². The summed E-state index contributed by atoms with van der Waals surface area (Å²) in [6, 6.07) is 8.23. The molecule has 0 N–H and O–H groups in total. The average molecular weight is 295 g/mol. The van der Waals surface area contributed by atoms with Crippen LogP contribution in [0.25, 0.3) is 0 Å². The van der Waals surface area contributed by atoms with Crippen LogP contribution in [0.1, 0.15) is 41.5 Å². The lowest BCUT2D eigenvalue weighted by Gasteiger charge is -2.36. The molecule has 1 unspecified atom stereocenters. The summed E-state index contributed by atoms with van der Waals surface area (Å²) in [5.74, 6) is 0. The molecule has 1 aromatic rings. The molecule has 114 valence electrons. The highest BCUT2D eigenvalue weighted by Gasteiger charge is 2.40. The van der Waals surface area contributed by atoms with Gasteiger partial charge in [0, 0.05) is 36.4 Å². The van der Waals surface area contributed by atoms with Crippen LogP contribution in [-0.4, -0.2) is 25.4 Å². The SMILES string of the molecule is CN(C)c1ccc(P(=O)(CC(C)(C)C)C(C)(C)C)cc1. The van der Waals surface area contributed by atoms with Crippen LogP contribution in [0.5, 0.6) is 0 Å². The molecule has 0 fully saturated rings. The third-order valence-electron chi connectivity index (χ3n) is 3.56. The Morgan fingerprint density at radius 3 is 1.70 bits per heavy atom. The van der Waals surface area contributed by atoms with Crippen molar-refractivity contribution in [2.45, 2.75) is 46.7 Å². The first-order valence-corrected chi connectivity index (χ1v) is 9.13. The van der Waals surface area contributed by atoms with Crippen molar-refractivity contribution in [2.24, 2.45) is 5.41 Å². The summed E-state index contributed by atoms with van der Waals surface area (Å²) in [5, 5.41) is 0.797. The molecular weight excluding hydrogens is 265 g/mol. The zero-order chi connectivity index (χ0) is 15.8. The van der Waals surface area contributed by atoms with Crippen molar-refractivity contribution in [3.63, 3.8) is 0 Å². The molecule has 0 amide bonds. The van der Waals surface area contributed by atoms with Crippen molar-refractivity contribution in [2.75, 3.05) is 25.2 Å². The Hall–Kier alpha value is -0.750. The van der Waals surface area contributed by atoms with Crippen molar-refractivity contribution in [1.29, 1.82) is 0 Å². The van der Waals surface area contributed by atoms with E-state index >= 15 is 0 Å². The molecule has 20 heavy (non-hydrogen) atoms. The smallest absolute Gasteiger partial charge is 0.121 e. The van der Waals surface area contributed by atoms with Crippen molar-refractivity contribution in [3.05, 3.63) is 24.3 Å². The lowest BCUT2D eigenvalue weighted by molar-refractivity contribution is 0.455. The molecule has 1 atom stereocenters. The molecule has 0 bridgehead atoms. The molecule has 1 aromatic carbocycles. The van der Waals surface area contributed by atoms with Gasteiger partial charge in [0.15, 0.2) is 0 Å². The van der Waals surface area contributed by atoms with E-state index in [1.54, 1.807) is 0 Å². The molecular formula is C17H30NOP. The molecule has 3 heteroatoms. The van der Waals surface area contributed by atoms with E-state index in [2.05, 4.69) is 58.6 Å². The van der Waals surface area contributed by atoms with Crippen LogP contribution in [0, 0.1) is 5.41 Å². The predicted molar refractivity (Wildman–Crippen MR) is 92.1 cm³/mol. The van der Waals surface area contributed by atoms with Crippen LogP contribution in [0.3, 0.4) is 0 Å². The minimum absolute atomic E-state index is 0.0586. The molecule has 0 saturated heterocycles. The van der Waals surface area contributed by atoms with Crippen molar-refractivity contribution in [1.82, 2.24) is 0 Å². The first-order valence-electron chi connectivity index (χ1n) is 7.24. The van der Waals surface area contributed by atoms with Gasteiger partial charge in [0.2, 0.25) is 0 Å². The molecule has 0 saturated carbocycles. The molecule has 0 radical (unpaired) electrons. The van der Waals surface area contributed by atoms with Crippen molar-refractivity contribution < 1.29 is 4.57 Å². The maximum Gasteiger partial charge on any atom is 0.121 e. The number of hydrogen-bond acceptors (Lipinski definition) is 2. The molecule has 0 spiro atoms. The minimum atomic E-state index is -2.45. The van der Waals surface area contributed by atoms with E-state index < -0.39 is 7.14 Å². The second-order valence-corrected chi connectivity index (χ2v) is 11.7.